The highest BCUT2D eigenvalue weighted by molar-refractivity contribution is 4.95. The maximum absolute atomic E-state index is 5.74. The summed E-state index contributed by atoms with van der Waals surface area (Å²) in [5.74, 6) is 1.31. The fourth-order valence-corrected chi connectivity index (χ4v) is 1.48. The Labute approximate surface area is 124 Å². The number of hydrogen-bond acceptors (Lipinski definition) is 4. The van der Waals surface area contributed by atoms with Gasteiger partial charge in [0.2, 0.25) is 0 Å². The minimum atomic E-state index is 0.224. The van der Waals surface area contributed by atoms with Gasteiger partial charge in [0.25, 0.3) is 0 Å². The van der Waals surface area contributed by atoms with Crippen molar-refractivity contribution in [1.29, 1.82) is 0 Å². The SMILES string of the molecule is CCCCOCOC(OCCC)=C(CCC)OCCC. The second kappa shape index (κ2) is 14.5. The van der Waals surface area contributed by atoms with Gasteiger partial charge in [0.05, 0.1) is 19.8 Å². The van der Waals surface area contributed by atoms with Gasteiger partial charge in [-0.2, -0.15) is 0 Å². The molecule has 0 saturated heterocycles. The minimum absolute atomic E-state index is 0.224. The average Bonchev–Trinajstić information content (AvgIpc) is 2.46. The lowest BCUT2D eigenvalue weighted by Gasteiger charge is -2.17. The summed E-state index contributed by atoms with van der Waals surface area (Å²) in [6, 6.07) is 0. The molecule has 20 heavy (non-hydrogen) atoms. The second-order valence-corrected chi connectivity index (χ2v) is 4.68. The predicted octanol–water partition coefficient (Wildman–Crippen LogP) is 4.60. The van der Waals surface area contributed by atoms with Gasteiger partial charge in [-0.05, 0) is 25.7 Å². The summed E-state index contributed by atoms with van der Waals surface area (Å²) in [7, 11) is 0. The maximum atomic E-state index is 5.74. The van der Waals surface area contributed by atoms with Gasteiger partial charge in [0.15, 0.2) is 12.6 Å². The number of unbranched alkanes of at least 4 members (excludes halogenated alkanes) is 1. The van der Waals surface area contributed by atoms with E-state index >= 15 is 0 Å². The molecule has 0 radical (unpaired) electrons. The summed E-state index contributed by atoms with van der Waals surface area (Å²) in [5.41, 5.74) is 0. The molecule has 0 aromatic rings. The van der Waals surface area contributed by atoms with Crippen LogP contribution in [0.3, 0.4) is 0 Å². The Kier molecular flexibility index (Phi) is 13.9. The first kappa shape index (κ1) is 19.1. The molecule has 0 fully saturated rings. The summed E-state index contributed by atoms with van der Waals surface area (Å²) >= 11 is 0. The van der Waals surface area contributed by atoms with Crippen molar-refractivity contribution in [2.75, 3.05) is 26.6 Å². The van der Waals surface area contributed by atoms with Gasteiger partial charge in [0.1, 0.15) is 0 Å². The third kappa shape index (κ3) is 9.96. The molecule has 0 aliphatic rings. The molecule has 0 aliphatic carbocycles. The van der Waals surface area contributed by atoms with Crippen LogP contribution in [0.5, 0.6) is 0 Å². The summed E-state index contributed by atoms with van der Waals surface area (Å²) in [6.45, 7) is 10.7. The monoisotopic (exact) mass is 288 g/mol. The number of rotatable bonds is 14. The van der Waals surface area contributed by atoms with Gasteiger partial charge in [-0.25, -0.2) is 0 Å². The molecule has 0 rings (SSSR count). The molecule has 0 unspecified atom stereocenters. The van der Waals surface area contributed by atoms with Gasteiger partial charge >= 0.3 is 5.95 Å². The summed E-state index contributed by atoms with van der Waals surface area (Å²) in [5, 5.41) is 0. The van der Waals surface area contributed by atoms with Crippen LogP contribution in [0.1, 0.15) is 66.2 Å². The van der Waals surface area contributed by atoms with E-state index in [1.54, 1.807) is 0 Å². The van der Waals surface area contributed by atoms with Gasteiger partial charge in [-0.3, -0.25) is 0 Å². The van der Waals surface area contributed by atoms with E-state index in [0.717, 1.165) is 50.9 Å². The standard InChI is InChI=1S/C16H32O4/c1-5-9-13-17-14-20-16(19-12-8-4)15(10-6-2)18-11-7-3/h5-14H2,1-4H3. The second-order valence-electron chi connectivity index (χ2n) is 4.68. The van der Waals surface area contributed by atoms with Crippen LogP contribution < -0.4 is 0 Å². The molecule has 0 aromatic carbocycles. The van der Waals surface area contributed by atoms with Crippen molar-refractivity contribution in [2.24, 2.45) is 0 Å². The van der Waals surface area contributed by atoms with Crippen LogP contribution in [0.4, 0.5) is 0 Å². The third-order valence-corrected chi connectivity index (χ3v) is 2.54. The average molecular weight is 288 g/mol. The van der Waals surface area contributed by atoms with E-state index in [-0.39, 0.29) is 6.79 Å². The van der Waals surface area contributed by atoms with Gasteiger partial charge < -0.3 is 18.9 Å². The Hall–Kier alpha value is -0.900. The Morgan fingerprint density at radius 2 is 1.40 bits per heavy atom. The van der Waals surface area contributed by atoms with Crippen LogP contribution in [-0.2, 0) is 18.9 Å². The fourth-order valence-electron chi connectivity index (χ4n) is 1.48. The molecule has 0 saturated carbocycles. The van der Waals surface area contributed by atoms with E-state index in [2.05, 4.69) is 27.7 Å². The zero-order valence-electron chi connectivity index (χ0n) is 13.7. The first-order valence-electron chi connectivity index (χ1n) is 7.99. The Balaban J connectivity index is 4.42. The zero-order chi connectivity index (χ0) is 15.1. The van der Waals surface area contributed by atoms with E-state index in [0.29, 0.717) is 19.2 Å². The van der Waals surface area contributed by atoms with Crippen LogP contribution in [0.2, 0.25) is 0 Å². The van der Waals surface area contributed by atoms with Crippen LogP contribution in [-0.4, -0.2) is 26.6 Å². The fraction of sp³-hybridized carbons (Fsp3) is 0.875. The van der Waals surface area contributed by atoms with Gasteiger partial charge in [-0.1, -0.05) is 34.1 Å². The van der Waals surface area contributed by atoms with E-state index in [1.165, 1.54) is 0 Å². The molecule has 0 amide bonds. The highest BCUT2D eigenvalue weighted by Gasteiger charge is 2.11. The smallest absolute Gasteiger partial charge is 0.321 e. The Morgan fingerprint density at radius 1 is 0.700 bits per heavy atom. The Morgan fingerprint density at radius 3 is 2.00 bits per heavy atom. The van der Waals surface area contributed by atoms with E-state index in [9.17, 15) is 0 Å². The molecule has 0 atom stereocenters. The highest BCUT2D eigenvalue weighted by atomic mass is 16.7. The van der Waals surface area contributed by atoms with Crippen LogP contribution in [0.15, 0.2) is 11.7 Å². The molecule has 0 spiro atoms. The highest BCUT2D eigenvalue weighted by Crippen LogP contribution is 2.16. The summed E-state index contributed by atoms with van der Waals surface area (Å²) in [6.07, 6.45) is 5.91. The molecular formula is C16H32O4. The molecular weight excluding hydrogens is 256 g/mol. The lowest BCUT2D eigenvalue weighted by atomic mass is 10.3. The van der Waals surface area contributed by atoms with Gasteiger partial charge in [0, 0.05) is 6.42 Å². The summed E-state index contributed by atoms with van der Waals surface area (Å²) < 4.78 is 22.4. The van der Waals surface area contributed by atoms with Crippen LogP contribution >= 0.6 is 0 Å². The molecule has 0 N–H and O–H groups in total. The molecule has 0 heterocycles. The lowest BCUT2D eigenvalue weighted by Crippen LogP contribution is -2.09. The third-order valence-electron chi connectivity index (χ3n) is 2.54. The first-order valence-corrected chi connectivity index (χ1v) is 7.99. The van der Waals surface area contributed by atoms with E-state index in [1.807, 2.05) is 0 Å². The molecule has 120 valence electrons. The number of hydrogen-bond donors (Lipinski definition) is 0. The number of ether oxygens (including phenoxy) is 4. The molecule has 4 nitrogen and oxygen atoms in total. The van der Waals surface area contributed by atoms with Crippen molar-refractivity contribution < 1.29 is 18.9 Å². The largest absolute Gasteiger partial charge is 0.491 e. The quantitative estimate of drug-likeness (QED) is 0.266. The van der Waals surface area contributed by atoms with E-state index in [4.69, 9.17) is 18.9 Å². The molecule has 0 bridgehead atoms. The first-order chi connectivity index (χ1) is 9.79. The van der Waals surface area contributed by atoms with Crippen LogP contribution in [0.25, 0.3) is 0 Å². The normalized spacial score (nSPS) is 12.0. The summed E-state index contributed by atoms with van der Waals surface area (Å²) in [4.78, 5) is 0. The number of allylic oxidation sites excluding steroid dienone is 1. The van der Waals surface area contributed by atoms with Gasteiger partial charge in [-0.15, -0.1) is 0 Å². The molecule has 4 heteroatoms. The van der Waals surface area contributed by atoms with Crippen molar-refractivity contribution in [2.45, 2.75) is 66.2 Å². The maximum Gasteiger partial charge on any atom is 0.321 e. The zero-order valence-corrected chi connectivity index (χ0v) is 13.7. The van der Waals surface area contributed by atoms with Crippen molar-refractivity contribution in [1.82, 2.24) is 0 Å². The lowest BCUT2D eigenvalue weighted by molar-refractivity contribution is -0.0838. The minimum Gasteiger partial charge on any atom is -0.491 e. The molecule has 0 aliphatic heterocycles. The van der Waals surface area contributed by atoms with E-state index < -0.39 is 0 Å². The van der Waals surface area contributed by atoms with Crippen molar-refractivity contribution >= 4 is 0 Å². The van der Waals surface area contributed by atoms with Crippen molar-refractivity contribution in [3.8, 4) is 0 Å². The Bertz CT molecular complexity index is 239. The van der Waals surface area contributed by atoms with Crippen molar-refractivity contribution in [3.63, 3.8) is 0 Å². The molecule has 0 aromatic heterocycles. The van der Waals surface area contributed by atoms with Crippen molar-refractivity contribution in [3.05, 3.63) is 11.7 Å². The topological polar surface area (TPSA) is 36.9 Å². The predicted molar refractivity (Wildman–Crippen MR) is 81.2 cm³/mol. The van der Waals surface area contributed by atoms with Crippen LogP contribution in [0, 0.1) is 0 Å².